The number of phosphoric ester groups is 1. The lowest BCUT2D eigenvalue weighted by atomic mass is 10.0. The van der Waals surface area contributed by atoms with Crippen LogP contribution in [-0.2, 0) is 36.3 Å². The molecule has 17 heteroatoms. The minimum absolute atomic E-state index is 0.0530. The lowest BCUT2D eigenvalue weighted by molar-refractivity contribution is -0.112. The molecule has 1 aromatic heterocycles. The van der Waals surface area contributed by atoms with E-state index in [-0.39, 0.29) is 42.2 Å². The molecule has 3 heterocycles. The van der Waals surface area contributed by atoms with Crippen LogP contribution in [0.3, 0.4) is 0 Å². The van der Waals surface area contributed by atoms with Gasteiger partial charge in [0, 0.05) is 24.7 Å². The molecule has 2 aromatic rings. The number of halogens is 2. The van der Waals surface area contributed by atoms with E-state index in [2.05, 4.69) is 9.26 Å². The second kappa shape index (κ2) is 13.1. The Bertz CT molecular complexity index is 1480. The van der Waals surface area contributed by atoms with E-state index in [0.29, 0.717) is 19.1 Å². The van der Waals surface area contributed by atoms with Crippen LogP contribution in [0.2, 0.25) is 0 Å². The van der Waals surface area contributed by atoms with E-state index in [0.717, 1.165) is 6.07 Å². The van der Waals surface area contributed by atoms with Gasteiger partial charge in [0.25, 0.3) is 5.91 Å². The molecule has 1 saturated heterocycles. The van der Waals surface area contributed by atoms with Gasteiger partial charge < -0.3 is 38.2 Å². The Labute approximate surface area is 236 Å². The average molecular weight is 616 g/mol. The Kier molecular flexibility index (Phi) is 9.74. The van der Waals surface area contributed by atoms with E-state index in [1.165, 1.54) is 21.7 Å². The van der Waals surface area contributed by atoms with Crippen molar-refractivity contribution in [3.8, 4) is 5.75 Å². The maximum absolute atomic E-state index is 14.1. The number of carbonyl (C=O) groups is 3. The predicted octanol–water partition coefficient (Wildman–Crippen LogP) is 2.13. The Morgan fingerprint density at radius 3 is 2.64 bits per heavy atom. The van der Waals surface area contributed by atoms with E-state index < -0.39 is 74.7 Å². The van der Waals surface area contributed by atoms with Crippen molar-refractivity contribution >= 4 is 25.7 Å². The second-order valence-corrected chi connectivity index (χ2v) is 10.6. The van der Waals surface area contributed by atoms with Crippen LogP contribution in [0.1, 0.15) is 46.2 Å². The number of carbonyl (C=O) groups excluding carboxylic acids is 3. The SMILES string of the molecule is C[C@@H]1CCO[C@H]2Cn3cc(C(=O)CCc4ccc(F)cc4F)c(=O)c(OCOC(=O)OCCOP(=O)(O)O)c3C(=O)N12. The summed E-state index contributed by atoms with van der Waals surface area (Å²) in [6.45, 7) is 0.112. The highest BCUT2D eigenvalue weighted by Gasteiger charge is 2.41. The Morgan fingerprint density at radius 2 is 1.93 bits per heavy atom. The van der Waals surface area contributed by atoms with E-state index in [1.807, 2.05) is 6.92 Å². The van der Waals surface area contributed by atoms with Gasteiger partial charge in [-0.05, 0) is 31.4 Å². The van der Waals surface area contributed by atoms with Gasteiger partial charge in [-0.1, -0.05) is 6.07 Å². The molecule has 0 bridgehead atoms. The van der Waals surface area contributed by atoms with Crippen LogP contribution >= 0.6 is 7.82 Å². The Hall–Kier alpha value is -3.69. The number of nitrogens with zero attached hydrogens (tertiary/aromatic N) is 2. The van der Waals surface area contributed by atoms with Crippen molar-refractivity contribution in [2.24, 2.45) is 0 Å². The number of pyridine rings is 1. The molecule has 2 aliphatic heterocycles. The first-order valence-corrected chi connectivity index (χ1v) is 14.2. The van der Waals surface area contributed by atoms with Crippen LogP contribution in [-0.4, -0.2) is 76.0 Å². The molecule has 42 heavy (non-hydrogen) atoms. The smallest absolute Gasteiger partial charge is 0.451 e. The van der Waals surface area contributed by atoms with Gasteiger partial charge in [-0.25, -0.2) is 18.1 Å². The molecule has 0 saturated carbocycles. The van der Waals surface area contributed by atoms with E-state index in [9.17, 15) is 32.5 Å². The zero-order valence-corrected chi connectivity index (χ0v) is 23.1. The number of phosphoric acid groups is 1. The number of Topliss-reactive ketones (excluding diaryl/α,β-unsaturated/α-hetero) is 1. The fraction of sp³-hybridized carbons (Fsp3) is 0.440. The molecule has 228 valence electrons. The molecular formula is C25H27F2N2O12P. The van der Waals surface area contributed by atoms with Gasteiger partial charge in [-0.2, -0.15) is 0 Å². The first kappa shape index (κ1) is 31.3. The lowest BCUT2D eigenvalue weighted by Gasteiger charge is -2.44. The zero-order valence-electron chi connectivity index (χ0n) is 22.2. The van der Waals surface area contributed by atoms with Gasteiger partial charge in [-0.15, -0.1) is 0 Å². The fourth-order valence-electron chi connectivity index (χ4n) is 4.54. The summed E-state index contributed by atoms with van der Waals surface area (Å²) in [7, 11) is -4.76. The number of aromatic nitrogens is 1. The number of hydrogen-bond acceptors (Lipinski definition) is 10. The molecule has 4 rings (SSSR count). The van der Waals surface area contributed by atoms with Gasteiger partial charge in [0.15, 0.2) is 17.7 Å². The van der Waals surface area contributed by atoms with Gasteiger partial charge in [0.2, 0.25) is 18.0 Å². The third kappa shape index (κ3) is 7.38. The number of ether oxygens (including phenoxy) is 4. The fourth-order valence-corrected chi connectivity index (χ4v) is 4.85. The van der Waals surface area contributed by atoms with Crippen LogP contribution in [0.25, 0.3) is 0 Å². The molecule has 0 spiro atoms. The number of amides is 1. The summed E-state index contributed by atoms with van der Waals surface area (Å²) >= 11 is 0. The summed E-state index contributed by atoms with van der Waals surface area (Å²) in [6, 6.07) is 2.68. The monoisotopic (exact) mass is 616 g/mol. The molecule has 1 aromatic carbocycles. The molecule has 2 atom stereocenters. The number of fused-ring (bicyclic) bond motifs is 2. The molecular weight excluding hydrogens is 589 g/mol. The highest BCUT2D eigenvalue weighted by Crippen LogP contribution is 2.35. The van der Waals surface area contributed by atoms with Crippen molar-refractivity contribution in [1.29, 1.82) is 0 Å². The molecule has 1 fully saturated rings. The van der Waals surface area contributed by atoms with Crippen molar-refractivity contribution in [2.75, 3.05) is 26.6 Å². The summed E-state index contributed by atoms with van der Waals surface area (Å²) in [5, 5.41) is 0. The molecule has 2 N–H and O–H groups in total. The summed E-state index contributed by atoms with van der Waals surface area (Å²) in [5.74, 6) is -3.53. The topological polar surface area (TPSA) is 180 Å². The summed E-state index contributed by atoms with van der Waals surface area (Å²) < 4.78 is 63.8. The number of aryl methyl sites for hydroxylation is 1. The minimum atomic E-state index is -4.76. The molecule has 14 nitrogen and oxygen atoms in total. The van der Waals surface area contributed by atoms with Gasteiger partial charge in [-0.3, -0.25) is 18.9 Å². The van der Waals surface area contributed by atoms with Crippen molar-refractivity contribution < 1.29 is 61.0 Å². The van der Waals surface area contributed by atoms with E-state index in [4.69, 9.17) is 24.0 Å². The molecule has 0 aliphatic carbocycles. The van der Waals surface area contributed by atoms with Crippen LogP contribution in [0.5, 0.6) is 5.75 Å². The first-order chi connectivity index (χ1) is 19.9. The normalized spacial score (nSPS) is 18.2. The maximum Gasteiger partial charge on any atom is 0.511 e. The zero-order chi connectivity index (χ0) is 30.6. The average Bonchev–Trinajstić information content (AvgIpc) is 2.91. The third-order valence-electron chi connectivity index (χ3n) is 6.54. The summed E-state index contributed by atoms with van der Waals surface area (Å²) in [6.07, 6.45) is -0.744. The van der Waals surface area contributed by atoms with Crippen LogP contribution < -0.4 is 10.2 Å². The minimum Gasteiger partial charge on any atom is -0.451 e. The lowest BCUT2D eigenvalue weighted by Crippen LogP contribution is -2.57. The maximum atomic E-state index is 14.1. The van der Waals surface area contributed by atoms with Crippen molar-refractivity contribution in [3.05, 3.63) is 63.1 Å². The van der Waals surface area contributed by atoms with E-state index >= 15 is 0 Å². The molecule has 1 amide bonds. The third-order valence-corrected chi connectivity index (χ3v) is 7.06. The molecule has 2 aliphatic rings. The van der Waals surface area contributed by atoms with Crippen molar-refractivity contribution in [2.45, 2.75) is 45.0 Å². The second-order valence-electron chi connectivity index (χ2n) is 9.37. The number of benzene rings is 1. The van der Waals surface area contributed by atoms with Gasteiger partial charge in [0.05, 0.1) is 25.3 Å². The predicted molar refractivity (Wildman–Crippen MR) is 136 cm³/mol. The molecule has 0 radical (unpaired) electrons. The quantitative estimate of drug-likeness (QED) is 0.124. The van der Waals surface area contributed by atoms with Gasteiger partial charge >= 0.3 is 14.0 Å². The van der Waals surface area contributed by atoms with E-state index in [1.54, 1.807) is 0 Å². The number of ketones is 1. The Morgan fingerprint density at radius 1 is 1.17 bits per heavy atom. The van der Waals surface area contributed by atoms with Crippen molar-refractivity contribution in [3.63, 3.8) is 0 Å². The Balaban J connectivity index is 1.55. The summed E-state index contributed by atoms with van der Waals surface area (Å²) in [4.78, 5) is 70.5. The van der Waals surface area contributed by atoms with Crippen molar-refractivity contribution in [1.82, 2.24) is 9.47 Å². The largest absolute Gasteiger partial charge is 0.511 e. The van der Waals surface area contributed by atoms with Crippen LogP contribution in [0, 0.1) is 11.6 Å². The summed E-state index contributed by atoms with van der Waals surface area (Å²) in [5.41, 5.74) is -1.50. The standard InChI is InChI=1S/C25H27F2N2O12P/c1-14-6-7-37-20-12-28-11-17(19(30)5-3-15-2-4-16(26)10-18(15)27)22(31)23(21(28)24(32)29(14)20)39-13-40-25(33)38-8-9-41-42(34,35)36/h2,4,10-11,14,20H,3,5-9,12-13H2,1H3,(H2,34,35,36)/t14-,20+/m1/s1. The highest BCUT2D eigenvalue weighted by atomic mass is 31.2. The number of hydrogen-bond donors (Lipinski definition) is 2. The van der Waals surface area contributed by atoms with Crippen LogP contribution in [0.4, 0.5) is 13.6 Å². The first-order valence-electron chi connectivity index (χ1n) is 12.7. The molecule has 0 unspecified atom stereocenters. The highest BCUT2D eigenvalue weighted by molar-refractivity contribution is 7.46. The van der Waals surface area contributed by atoms with Crippen LogP contribution in [0.15, 0.2) is 29.2 Å². The van der Waals surface area contributed by atoms with Gasteiger partial charge in [0.1, 0.15) is 18.2 Å². The number of rotatable bonds is 11.